The molecule has 0 spiro atoms. The van der Waals surface area contributed by atoms with E-state index in [1.165, 1.54) is 12.8 Å². The molecule has 0 amide bonds. The fourth-order valence-electron chi connectivity index (χ4n) is 2.79. The third-order valence-electron chi connectivity index (χ3n) is 3.96. The summed E-state index contributed by atoms with van der Waals surface area (Å²) in [4.78, 5) is 14.0. The molecule has 5 nitrogen and oxygen atoms in total. The summed E-state index contributed by atoms with van der Waals surface area (Å²) in [6.07, 6.45) is 3.65. The number of ether oxygens (including phenoxy) is 1. The number of esters is 1. The highest BCUT2D eigenvalue weighted by molar-refractivity contribution is 5.87. The maximum absolute atomic E-state index is 11.6. The molecule has 0 aromatic carbocycles. The molecule has 1 aliphatic heterocycles. The summed E-state index contributed by atoms with van der Waals surface area (Å²) in [5.74, 6) is -0.112. The molecule has 5 heteroatoms. The minimum absolute atomic E-state index is 0.306. The molecule has 0 fully saturated rings. The molecule has 3 rings (SSSR count). The van der Waals surface area contributed by atoms with Crippen molar-refractivity contribution in [3.63, 3.8) is 0 Å². The van der Waals surface area contributed by atoms with Crippen LogP contribution < -0.4 is 0 Å². The van der Waals surface area contributed by atoms with Crippen molar-refractivity contribution in [1.29, 1.82) is 0 Å². The maximum Gasteiger partial charge on any atom is 0.374 e. The van der Waals surface area contributed by atoms with E-state index in [1.54, 1.807) is 6.26 Å². The van der Waals surface area contributed by atoms with Crippen LogP contribution in [0.15, 0.2) is 35.1 Å². The zero-order chi connectivity index (χ0) is 14.1. The van der Waals surface area contributed by atoms with Crippen molar-refractivity contribution in [3.05, 3.63) is 47.7 Å². The first-order chi connectivity index (χ1) is 9.70. The van der Waals surface area contributed by atoms with Crippen LogP contribution in [-0.2, 0) is 17.8 Å². The number of aromatic nitrogens is 1. The van der Waals surface area contributed by atoms with Gasteiger partial charge in [-0.3, -0.25) is 4.90 Å². The van der Waals surface area contributed by atoms with Crippen LogP contribution in [0.5, 0.6) is 0 Å². The average molecular weight is 274 g/mol. The number of methoxy groups -OCH3 is 1. The SMILES string of the molecule is COC(=O)c1occc1CN1CCn2cccc2[C@H]1C. The van der Waals surface area contributed by atoms with Crippen LogP contribution in [0.2, 0.25) is 0 Å². The molecule has 106 valence electrons. The quantitative estimate of drug-likeness (QED) is 0.807. The minimum Gasteiger partial charge on any atom is -0.463 e. The summed E-state index contributed by atoms with van der Waals surface area (Å²) >= 11 is 0. The van der Waals surface area contributed by atoms with Gasteiger partial charge in [0, 0.05) is 43.1 Å². The minimum atomic E-state index is -0.418. The number of rotatable bonds is 3. The van der Waals surface area contributed by atoms with Crippen LogP contribution in [0.4, 0.5) is 0 Å². The summed E-state index contributed by atoms with van der Waals surface area (Å²) in [7, 11) is 1.37. The van der Waals surface area contributed by atoms with Crippen molar-refractivity contribution in [1.82, 2.24) is 9.47 Å². The Balaban J connectivity index is 1.80. The molecule has 20 heavy (non-hydrogen) atoms. The second-order valence-corrected chi connectivity index (χ2v) is 5.04. The average Bonchev–Trinajstić information content (AvgIpc) is 3.10. The summed E-state index contributed by atoms with van der Waals surface area (Å²) in [6, 6.07) is 6.38. The molecular formula is C15H18N2O3. The van der Waals surface area contributed by atoms with E-state index in [4.69, 9.17) is 9.15 Å². The van der Waals surface area contributed by atoms with E-state index in [2.05, 4.69) is 34.7 Å². The molecule has 3 heterocycles. The molecule has 0 radical (unpaired) electrons. The van der Waals surface area contributed by atoms with Crippen molar-refractivity contribution in [2.75, 3.05) is 13.7 Å². The van der Waals surface area contributed by atoms with E-state index < -0.39 is 5.97 Å². The molecule has 0 N–H and O–H groups in total. The van der Waals surface area contributed by atoms with Gasteiger partial charge in [-0.2, -0.15) is 0 Å². The molecule has 2 aromatic heterocycles. The van der Waals surface area contributed by atoms with Gasteiger partial charge in [-0.15, -0.1) is 0 Å². The van der Waals surface area contributed by atoms with Gasteiger partial charge < -0.3 is 13.7 Å². The van der Waals surface area contributed by atoms with Gasteiger partial charge in [-0.1, -0.05) is 0 Å². The molecule has 2 aromatic rings. The predicted molar refractivity (Wildman–Crippen MR) is 73.3 cm³/mol. The molecule has 0 aliphatic carbocycles. The number of carbonyl (C=O) groups is 1. The van der Waals surface area contributed by atoms with Crippen molar-refractivity contribution in [3.8, 4) is 0 Å². The third-order valence-corrected chi connectivity index (χ3v) is 3.96. The first kappa shape index (κ1) is 13.0. The van der Waals surface area contributed by atoms with Gasteiger partial charge >= 0.3 is 5.97 Å². The topological polar surface area (TPSA) is 47.6 Å². The molecule has 1 atom stereocenters. The Kier molecular flexibility index (Phi) is 3.36. The van der Waals surface area contributed by atoms with Gasteiger partial charge in [0.1, 0.15) is 0 Å². The fourth-order valence-corrected chi connectivity index (χ4v) is 2.79. The van der Waals surface area contributed by atoms with E-state index in [-0.39, 0.29) is 0 Å². The molecule has 0 saturated heterocycles. The number of nitrogens with zero attached hydrogens (tertiary/aromatic N) is 2. The maximum atomic E-state index is 11.6. The van der Waals surface area contributed by atoms with Gasteiger partial charge in [0.05, 0.1) is 13.4 Å². The Hall–Kier alpha value is -2.01. The summed E-state index contributed by atoms with van der Waals surface area (Å²) in [6.45, 7) is 4.79. The highest BCUT2D eigenvalue weighted by Gasteiger charge is 2.26. The van der Waals surface area contributed by atoms with E-state index in [0.717, 1.165) is 18.7 Å². The van der Waals surface area contributed by atoms with Crippen LogP contribution in [0.25, 0.3) is 0 Å². The predicted octanol–water partition coefficient (Wildman–Crippen LogP) is 2.44. The number of carbonyl (C=O) groups excluding carboxylic acids is 1. The smallest absolute Gasteiger partial charge is 0.374 e. The Morgan fingerprint density at radius 1 is 1.45 bits per heavy atom. The second-order valence-electron chi connectivity index (χ2n) is 5.04. The molecule has 1 aliphatic rings. The van der Waals surface area contributed by atoms with Gasteiger partial charge in [0.2, 0.25) is 5.76 Å². The number of hydrogen-bond acceptors (Lipinski definition) is 4. The van der Waals surface area contributed by atoms with Gasteiger partial charge in [-0.05, 0) is 25.1 Å². The van der Waals surface area contributed by atoms with Gasteiger partial charge in [0.15, 0.2) is 0 Å². The first-order valence-electron chi connectivity index (χ1n) is 6.74. The van der Waals surface area contributed by atoms with Crippen LogP contribution >= 0.6 is 0 Å². The van der Waals surface area contributed by atoms with Crippen molar-refractivity contribution in [2.45, 2.75) is 26.1 Å². The van der Waals surface area contributed by atoms with Crippen LogP contribution in [-0.4, -0.2) is 29.1 Å². The van der Waals surface area contributed by atoms with E-state index >= 15 is 0 Å². The normalized spacial score (nSPS) is 18.8. The van der Waals surface area contributed by atoms with Crippen molar-refractivity contribution >= 4 is 5.97 Å². The van der Waals surface area contributed by atoms with Gasteiger partial charge in [-0.25, -0.2) is 4.79 Å². The van der Waals surface area contributed by atoms with E-state index in [9.17, 15) is 4.79 Å². The largest absolute Gasteiger partial charge is 0.463 e. The lowest BCUT2D eigenvalue weighted by Crippen LogP contribution is -2.36. The Bertz CT molecular complexity index is 614. The molecular weight excluding hydrogens is 256 g/mol. The Labute approximate surface area is 117 Å². The van der Waals surface area contributed by atoms with E-state index in [0.29, 0.717) is 18.3 Å². The van der Waals surface area contributed by atoms with Crippen LogP contribution in [0.3, 0.4) is 0 Å². The molecule has 0 unspecified atom stereocenters. The lowest BCUT2D eigenvalue weighted by atomic mass is 10.1. The Morgan fingerprint density at radius 2 is 2.30 bits per heavy atom. The third kappa shape index (κ3) is 2.14. The highest BCUT2D eigenvalue weighted by Crippen LogP contribution is 2.27. The summed E-state index contributed by atoms with van der Waals surface area (Å²) in [5.41, 5.74) is 2.18. The van der Waals surface area contributed by atoms with Crippen molar-refractivity contribution in [2.24, 2.45) is 0 Å². The fraction of sp³-hybridized carbons (Fsp3) is 0.400. The monoisotopic (exact) mass is 274 g/mol. The lowest BCUT2D eigenvalue weighted by Gasteiger charge is -2.34. The van der Waals surface area contributed by atoms with Gasteiger partial charge in [0.25, 0.3) is 0 Å². The standard InChI is InChI=1S/C15H18N2O3/c1-11-13-4-3-6-16(13)7-8-17(11)10-12-5-9-20-14(12)15(18)19-2/h3-6,9,11H,7-8,10H2,1-2H3/t11-/m1/s1. The van der Waals surface area contributed by atoms with Crippen molar-refractivity contribution < 1.29 is 13.9 Å². The Morgan fingerprint density at radius 3 is 3.10 bits per heavy atom. The second kappa shape index (κ2) is 5.17. The number of fused-ring (bicyclic) bond motifs is 1. The van der Waals surface area contributed by atoms with Crippen LogP contribution in [0.1, 0.15) is 34.8 Å². The van der Waals surface area contributed by atoms with Crippen LogP contribution in [0, 0.1) is 0 Å². The molecule has 0 bridgehead atoms. The zero-order valence-corrected chi connectivity index (χ0v) is 11.7. The summed E-state index contributed by atoms with van der Waals surface area (Å²) in [5, 5.41) is 0. The lowest BCUT2D eigenvalue weighted by molar-refractivity contribution is 0.0560. The summed E-state index contributed by atoms with van der Waals surface area (Å²) < 4.78 is 12.3. The first-order valence-corrected chi connectivity index (χ1v) is 6.74. The highest BCUT2D eigenvalue weighted by atomic mass is 16.5. The number of furan rings is 1. The molecule has 0 saturated carbocycles. The zero-order valence-electron chi connectivity index (χ0n) is 11.7. The van der Waals surface area contributed by atoms with E-state index in [1.807, 2.05) is 6.07 Å². The number of hydrogen-bond donors (Lipinski definition) is 0.